The van der Waals surface area contributed by atoms with Gasteiger partial charge in [-0.3, -0.25) is 0 Å². The fraction of sp³-hybridized carbons (Fsp3) is 0.123. The van der Waals surface area contributed by atoms with Crippen LogP contribution in [0.25, 0.3) is 120 Å². The Hall–Kier alpha value is -8.32. The number of fused-ring (bicyclic) bond motifs is 10. The van der Waals surface area contributed by atoms with Crippen LogP contribution in [0.3, 0.4) is 0 Å². The first-order valence-corrected chi connectivity index (χ1v) is 26.4. The van der Waals surface area contributed by atoms with Crippen molar-refractivity contribution in [2.24, 2.45) is 11.3 Å². The van der Waals surface area contributed by atoms with Crippen LogP contribution in [-0.2, 0) is 0 Å². The maximum Gasteiger partial charge on any atom is 0.0101 e. The van der Waals surface area contributed by atoms with E-state index in [4.69, 9.17) is 6.58 Å². The SMILES string of the molecule is C=C(/C=C(\C=C(\c1ccccc1)C(C)CC)c1ccc2c3c(C4=CCC5(C)C=CCCC5=C4)c4c(cc5c6ccccc6c6cccc4c65)c(-c4ccc5ccccc5c4)c3c3cccc1c32)c1ccccc1. The summed E-state index contributed by atoms with van der Waals surface area (Å²) >= 11 is 0. The third kappa shape index (κ3) is 6.73. The minimum atomic E-state index is 0.0322. The highest BCUT2D eigenvalue weighted by Crippen LogP contribution is 2.56. The maximum absolute atomic E-state index is 4.73. The number of hydrogen-bond donors (Lipinski definition) is 0. The average molecular weight is 933 g/mol. The molecule has 0 N–H and O–H groups in total. The van der Waals surface area contributed by atoms with E-state index in [9.17, 15) is 0 Å². The Balaban J connectivity index is 1.17. The van der Waals surface area contributed by atoms with Crippen LogP contribution in [0.15, 0.2) is 231 Å². The summed E-state index contributed by atoms with van der Waals surface area (Å²) < 4.78 is 0. The van der Waals surface area contributed by atoms with Crippen LogP contribution in [0.4, 0.5) is 0 Å². The van der Waals surface area contributed by atoms with Crippen molar-refractivity contribution in [2.45, 2.75) is 46.5 Å². The van der Waals surface area contributed by atoms with Gasteiger partial charge in [-0.05, 0) is 192 Å². The zero-order valence-electron chi connectivity index (χ0n) is 41.9. The smallest absolute Gasteiger partial charge is 0.0101 e. The molecule has 0 aromatic heterocycles. The Morgan fingerprint density at radius 1 is 0.548 bits per heavy atom. The summed E-state index contributed by atoms with van der Waals surface area (Å²) in [5, 5.41) is 21.0. The first-order valence-electron chi connectivity index (χ1n) is 26.4. The van der Waals surface area contributed by atoms with Crippen LogP contribution >= 0.6 is 0 Å². The summed E-state index contributed by atoms with van der Waals surface area (Å²) in [6, 6.07) is 68.4. The Morgan fingerprint density at radius 2 is 1.18 bits per heavy atom. The van der Waals surface area contributed by atoms with Crippen LogP contribution in [0.5, 0.6) is 0 Å². The minimum Gasteiger partial charge on any atom is -0.0911 e. The molecular formula is C73H56. The molecule has 0 aliphatic heterocycles. The average Bonchev–Trinajstić information content (AvgIpc) is 3.96. The molecule has 0 amide bonds. The van der Waals surface area contributed by atoms with Crippen LogP contribution in [0.1, 0.15) is 68.7 Å². The lowest BCUT2D eigenvalue weighted by molar-refractivity contribution is 0.481. The standard InChI is InChI=1S/C73H56/c1-5-45(2)63(49-23-10-7-11-24-49)43-53(40-46(3)47-20-8-6-9-21-47)55-35-36-62-68-58(55)29-18-32-61(68)71-66(51-34-33-48-22-12-13-25-50(48)41-51)65-44-64-57-28-15-14-27-56(57)59-30-19-31-60(69(59)64)70(65)67(72(62)71)52-37-39-73(4)38-17-16-26-54(73)42-52/h6-15,17-25,27-38,40-45H,3,5,16,26,39H2,1-2,4H3/b53-40+,63-43+. The van der Waals surface area contributed by atoms with Gasteiger partial charge in [0.15, 0.2) is 0 Å². The fourth-order valence-electron chi connectivity index (χ4n) is 13.2. The topological polar surface area (TPSA) is 0 Å². The summed E-state index contributed by atoms with van der Waals surface area (Å²) in [5.41, 5.74) is 13.9. The van der Waals surface area contributed by atoms with Gasteiger partial charge in [0.25, 0.3) is 0 Å². The minimum absolute atomic E-state index is 0.0322. The first kappa shape index (κ1) is 43.5. The van der Waals surface area contributed by atoms with Crippen LogP contribution < -0.4 is 0 Å². The van der Waals surface area contributed by atoms with E-state index in [2.05, 4.69) is 239 Å². The summed E-state index contributed by atoms with van der Waals surface area (Å²) in [7, 11) is 0. The molecule has 348 valence electrons. The predicted octanol–water partition coefficient (Wildman–Crippen LogP) is 20.8. The second kappa shape index (κ2) is 16.9. The molecule has 2 aliphatic carbocycles. The lowest BCUT2D eigenvalue weighted by atomic mass is 9.69. The summed E-state index contributed by atoms with van der Waals surface area (Å²) in [5.74, 6) is 0.342. The number of allylic oxidation sites excluding steroid dienone is 11. The molecule has 0 fully saturated rings. The highest BCUT2D eigenvalue weighted by molar-refractivity contribution is 6.44. The molecule has 0 radical (unpaired) electrons. The van der Waals surface area contributed by atoms with Gasteiger partial charge in [-0.15, -0.1) is 0 Å². The van der Waals surface area contributed by atoms with Crippen molar-refractivity contribution in [1.29, 1.82) is 0 Å². The van der Waals surface area contributed by atoms with Crippen molar-refractivity contribution in [2.75, 3.05) is 0 Å². The van der Waals surface area contributed by atoms with Crippen LogP contribution in [0, 0.1) is 11.3 Å². The quantitative estimate of drug-likeness (QED) is 0.0769. The highest BCUT2D eigenvalue weighted by atomic mass is 14.4. The van der Waals surface area contributed by atoms with Gasteiger partial charge >= 0.3 is 0 Å². The maximum atomic E-state index is 4.73. The van der Waals surface area contributed by atoms with Gasteiger partial charge < -0.3 is 0 Å². The molecule has 14 rings (SSSR count). The largest absolute Gasteiger partial charge is 0.0911 e. The van der Waals surface area contributed by atoms with Crippen molar-refractivity contribution in [3.05, 3.63) is 253 Å². The van der Waals surface area contributed by atoms with Gasteiger partial charge in [0, 0.05) is 5.41 Å². The van der Waals surface area contributed by atoms with Gasteiger partial charge in [0.2, 0.25) is 0 Å². The zero-order valence-corrected chi connectivity index (χ0v) is 41.9. The van der Waals surface area contributed by atoms with Crippen molar-refractivity contribution < 1.29 is 0 Å². The molecule has 0 saturated carbocycles. The van der Waals surface area contributed by atoms with E-state index in [1.54, 1.807) is 0 Å². The van der Waals surface area contributed by atoms with E-state index < -0.39 is 0 Å². The molecule has 2 unspecified atom stereocenters. The van der Waals surface area contributed by atoms with Crippen LogP contribution in [0.2, 0.25) is 0 Å². The van der Waals surface area contributed by atoms with Gasteiger partial charge in [0.1, 0.15) is 0 Å². The Kier molecular flexibility index (Phi) is 10.1. The Bertz CT molecular complexity index is 4400. The van der Waals surface area contributed by atoms with Gasteiger partial charge in [-0.25, -0.2) is 0 Å². The van der Waals surface area contributed by atoms with E-state index in [-0.39, 0.29) is 5.41 Å². The molecular weight excluding hydrogens is 877 g/mol. The van der Waals surface area contributed by atoms with E-state index >= 15 is 0 Å². The van der Waals surface area contributed by atoms with E-state index in [1.807, 2.05) is 0 Å². The predicted molar refractivity (Wildman–Crippen MR) is 319 cm³/mol. The zero-order chi connectivity index (χ0) is 49.0. The molecule has 0 heterocycles. The molecule has 73 heavy (non-hydrogen) atoms. The van der Waals surface area contributed by atoms with E-state index in [0.717, 1.165) is 36.8 Å². The van der Waals surface area contributed by atoms with E-state index in [1.165, 1.54) is 136 Å². The van der Waals surface area contributed by atoms with E-state index in [0.29, 0.717) is 5.92 Å². The molecule has 0 spiro atoms. The first-order chi connectivity index (χ1) is 35.9. The Morgan fingerprint density at radius 3 is 1.96 bits per heavy atom. The van der Waals surface area contributed by atoms with Gasteiger partial charge in [0.05, 0.1) is 0 Å². The third-order valence-corrected chi connectivity index (χ3v) is 17.1. The molecule has 0 saturated heterocycles. The van der Waals surface area contributed by atoms with Crippen molar-refractivity contribution in [3.63, 3.8) is 0 Å². The molecule has 2 aliphatic rings. The monoisotopic (exact) mass is 932 g/mol. The molecule has 0 bridgehead atoms. The lowest BCUT2D eigenvalue weighted by Gasteiger charge is -2.35. The number of hydrogen-bond acceptors (Lipinski definition) is 0. The van der Waals surface area contributed by atoms with Gasteiger partial charge in [-0.2, -0.15) is 0 Å². The normalized spacial score (nSPS) is 16.9. The fourth-order valence-corrected chi connectivity index (χ4v) is 13.2. The Labute approximate surface area is 428 Å². The van der Waals surface area contributed by atoms with Crippen molar-refractivity contribution in [3.8, 4) is 11.1 Å². The highest BCUT2D eigenvalue weighted by Gasteiger charge is 2.33. The van der Waals surface area contributed by atoms with Crippen molar-refractivity contribution >= 4 is 108 Å². The molecule has 0 nitrogen and oxygen atoms in total. The molecule has 12 aromatic rings. The van der Waals surface area contributed by atoms with Gasteiger partial charge in [-0.1, -0.05) is 233 Å². The second-order valence-electron chi connectivity index (χ2n) is 21.2. The number of benzene rings is 10. The summed E-state index contributed by atoms with van der Waals surface area (Å²) in [6.45, 7) is 11.8. The third-order valence-electron chi connectivity index (χ3n) is 17.1. The lowest BCUT2D eigenvalue weighted by Crippen LogP contribution is -2.21. The summed E-state index contributed by atoms with van der Waals surface area (Å²) in [4.78, 5) is 0. The number of rotatable bonds is 9. The molecule has 0 heteroatoms. The van der Waals surface area contributed by atoms with Crippen molar-refractivity contribution in [1.82, 2.24) is 0 Å². The summed E-state index contributed by atoms with van der Waals surface area (Å²) in [6.07, 6.45) is 19.1. The second-order valence-corrected chi connectivity index (χ2v) is 21.2. The van der Waals surface area contributed by atoms with Crippen LogP contribution in [-0.4, -0.2) is 0 Å². The molecule has 12 aromatic carbocycles. The molecule has 2 atom stereocenters.